The van der Waals surface area contributed by atoms with Crippen LogP contribution in [0, 0.1) is 10.1 Å². The fourth-order valence-corrected chi connectivity index (χ4v) is 3.88. The molecule has 2 aromatic rings. The van der Waals surface area contributed by atoms with Crippen LogP contribution < -0.4 is 19.6 Å². The number of methoxy groups -OCH3 is 3. The molecule has 0 aliphatic heterocycles. The number of nitro benzene ring substituents is 1. The maximum Gasteiger partial charge on any atom is 0.311 e. The zero-order valence-electron chi connectivity index (χ0n) is 17.8. The number of benzene rings is 2. The lowest BCUT2D eigenvalue weighted by Crippen LogP contribution is -2.36. The number of likely N-dealkylation sites (N-methyl/N-ethyl adjacent to an activating group) is 1. The molecule has 0 aliphatic rings. The summed E-state index contributed by atoms with van der Waals surface area (Å²) in [6.07, 6.45) is 1.18. The normalized spacial score (nSPS) is 11.4. The van der Waals surface area contributed by atoms with Crippen molar-refractivity contribution < 1.29 is 32.3 Å². The van der Waals surface area contributed by atoms with Crippen LogP contribution in [0.2, 0.25) is 0 Å². The molecule has 1 N–H and O–H groups in total. The van der Waals surface area contributed by atoms with Crippen LogP contribution in [-0.2, 0) is 14.8 Å². The number of hydrogen-bond donors (Lipinski definition) is 1. The zero-order chi connectivity index (χ0) is 23.9. The lowest BCUT2D eigenvalue weighted by atomic mass is 10.2. The van der Waals surface area contributed by atoms with Crippen LogP contribution in [0.25, 0.3) is 0 Å². The molecule has 0 aromatic heterocycles. The topological polar surface area (TPSA) is 150 Å². The van der Waals surface area contributed by atoms with E-state index in [0.717, 1.165) is 4.31 Å². The summed E-state index contributed by atoms with van der Waals surface area (Å²) in [5.41, 5.74) is 2.25. The summed E-state index contributed by atoms with van der Waals surface area (Å²) in [4.78, 5) is 22.5. The monoisotopic (exact) mass is 466 g/mol. The van der Waals surface area contributed by atoms with Gasteiger partial charge in [0.15, 0.2) is 5.75 Å². The van der Waals surface area contributed by atoms with Gasteiger partial charge in [0.05, 0.1) is 39.0 Å². The van der Waals surface area contributed by atoms with Crippen LogP contribution in [0.3, 0.4) is 0 Å². The summed E-state index contributed by atoms with van der Waals surface area (Å²) in [5, 5.41) is 14.8. The predicted octanol–water partition coefficient (Wildman–Crippen LogP) is 1.39. The number of hydrazone groups is 1. The van der Waals surface area contributed by atoms with Crippen molar-refractivity contribution in [2.75, 3.05) is 34.9 Å². The minimum Gasteiger partial charge on any atom is -0.497 e. The van der Waals surface area contributed by atoms with Crippen LogP contribution in [0.15, 0.2) is 46.4 Å². The molecule has 0 radical (unpaired) electrons. The molecular weight excluding hydrogens is 444 g/mol. The quantitative estimate of drug-likeness (QED) is 0.314. The Morgan fingerprint density at radius 1 is 1.12 bits per heavy atom. The van der Waals surface area contributed by atoms with Crippen molar-refractivity contribution in [2.24, 2.45) is 5.10 Å². The van der Waals surface area contributed by atoms with E-state index in [9.17, 15) is 23.3 Å². The molecule has 13 heteroatoms. The molecule has 32 heavy (non-hydrogen) atoms. The second kappa shape index (κ2) is 10.5. The highest BCUT2D eigenvalue weighted by molar-refractivity contribution is 7.89. The Kier molecular flexibility index (Phi) is 8.09. The summed E-state index contributed by atoms with van der Waals surface area (Å²) >= 11 is 0. The van der Waals surface area contributed by atoms with E-state index in [1.165, 1.54) is 64.9 Å². The van der Waals surface area contributed by atoms with Gasteiger partial charge in [0.1, 0.15) is 16.4 Å². The number of rotatable bonds is 10. The number of sulfonamides is 1. The van der Waals surface area contributed by atoms with Crippen LogP contribution in [0.1, 0.15) is 5.56 Å². The van der Waals surface area contributed by atoms with Gasteiger partial charge in [-0.05, 0) is 24.3 Å². The number of carbonyl (C=O) groups excluding carboxylic acids is 1. The highest BCUT2D eigenvalue weighted by Crippen LogP contribution is 2.30. The smallest absolute Gasteiger partial charge is 0.311 e. The predicted molar refractivity (Wildman–Crippen MR) is 115 cm³/mol. The van der Waals surface area contributed by atoms with Gasteiger partial charge in [-0.2, -0.15) is 9.41 Å². The minimum absolute atomic E-state index is 0.0796. The first-order valence-electron chi connectivity index (χ1n) is 8.96. The molecule has 0 unspecified atom stereocenters. The Hall–Kier alpha value is -3.71. The van der Waals surface area contributed by atoms with Crippen molar-refractivity contribution >= 4 is 27.8 Å². The summed E-state index contributed by atoms with van der Waals surface area (Å²) in [7, 11) is 1.17. The lowest BCUT2D eigenvalue weighted by Gasteiger charge is -2.18. The van der Waals surface area contributed by atoms with Gasteiger partial charge in [0.25, 0.3) is 5.91 Å². The molecule has 12 nitrogen and oxygen atoms in total. The second-order valence-corrected chi connectivity index (χ2v) is 8.27. The highest BCUT2D eigenvalue weighted by Gasteiger charge is 2.27. The minimum atomic E-state index is -4.08. The van der Waals surface area contributed by atoms with Crippen molar-refractivity contribution in [1.29, 1.82) is 0 Å². The molecule has 1 amide bonds. The first kappa shape index (κ1) is 24.6. The third kappa shape index (κ3) is 5.70. The fraction of sp³-hybridized carbons (Fsp3) is 0.263. The molecule has 0 saturated carbocycles. The number of amides is 1. The average Bonchev–Trinajstić information content (AvgIpc) is 2.78. The maximum atomic E-state index is 12.9. The molecule has 172 valence electrons. The Bertz CT molecular complexity index is 1130. The zero-order valence-corrected chi connectivity index (χ0v) is 18.6. The summed E-state index contributed by atoms with van der Waals surface area (Å²) < 4.78 is 41.6. The number of carbonyl (C=O) groups is 1. The molecular formula is C19H22N4O8S. The molecule has 0 fully saturated rings. The van der Waals surface area contributed by atoms with E-state index < -0.39 is 27.4 Å². The van der Waals surface area contributed by atoms with Crippen molar-refractivity contribution in [3.8, 4) is 17.2 Å². The molecule has 0 aliphatic carbocycles. The third-order valence-corrected chi connectivity index (χ3v) is 6.05. The van der Waals surface area contributed by atoms with Crippen LogP contribution >= 0.6 is 0 Å². The second-order valence-electron chi connectivity index (χ2n) is 6.26. The Morgan fingerprint density at radius 3 is 2.38 bits per heavy atom. The molecule has 0 saturated heterocycles. The maximum absolute atomic E-state index is 12.9. The van der Waals surface area contributed by atoms with Gasteiger partial charge in [-0.15, -0.1) is 0 Å². The van der Waals surface area contributed by atoms with Crippen LogP contribution in [-0.4, -0.2) is 64.7 Å². The van der Waals surface area contributed by atoms with E-state index in [-0.39, 0.29) is 22.1 Å². The average molecular weight is 466 g/mol. The first-order valence-corrected chi connectivity index (χ1v) is 10.4. The van der Waals surface area contributed by atoms with E-state index >= 15 is 0 Å². The van der Waals surface area contributed by atoms with Gasteiger partial charge in [-0.3, -0.25) is 14.9 Å². The van der Waals surface area contributed by atoms with Crippen LogP contribution in [0.5, 0.6) is 17.2 Å². The molecule has 2 rings (SSSR count). The number of hydrogen-bond acceptors (Lipinski definition) is 9. The van der Waals surface area contributed by atoms with Gasteiger partial charge < -0.3 is 14.2 Å². The standard InChI is InChI=1S/C19H22N4O8S/c1-22(32(27,28)18-10-14(29-2)6-8-17(18)31-4)12-19(24)21-20-11-13-5-7-16(30-3)15(9-13)23(25)26/h5-11H,12H2,1-4H3,(H,21,24). The Morgan fingerprint density at radius 2 is 1.78 bits per heavy atom. The SMILES string of the molecule is COc1ccc(OC)c(S(=O)(=O)N(C)CC(=O)NN=Cc2ccc(OC)c([N+](=O)[O-])c2)c1. The summed E-state index contributed by atoms with van der Waals surface area (Å²) in [5.74, 6) is -0.245. The molecule has 0 bridgehead atoms. The third-order valence-electron chi connectivity index (χ3n) is 4.23. The van der Waals surface area contributed by atoms with E-state index in [0.29, 0.717) is 11.3 Å². The van der Waals surface area contributed by atoms with Gasteiger partial charge >= 0.3 is 5.69 Å². The number of ether oxygens (including phenoxy) is 3. The van der Waals surface area contributed by atoms with Crippen LogP contribution in [0.4, 0.5) is 5.69 Å². The molecule has 0 heterocycles. The molecule has 2 aromatic carbocycles. The van der Waals surface area contributed by atoms with Gasteiger partial charge in [0.2, 0.25) is 10.0 Å². The van der Waals surface area contributed by atoms with Gasteiger partial charge in [-0.25, -0.2) is 13.8 Å². The highest BCUT2D eigenvalue weighted by atomic mass is 32.2. The van der Waals surface area contributed by atoms with Crippen molar-refractivity contribution in [3.05, 3.63) is 52.1 Å². The van der Waals surface area contributed by atoms with E-state index in [1.807, 2.05) is 0 Å². The molecule has 0 atom stereocenters. The lowest BCUT2D eigenvalue weighted by molar-refractivity contribution is -0.385. The fourth-order valence-electron chi connectivity index (χ4n) is 2.58. The van der Waals surface area contributed by atoms with E-state index in [4.69, 9.17) is 14.2 Å². The Labute approximate surface area is 184 Å². The van der Waals surface area contributed by atoms with Crippen molar-refractivity contribution in [1.82, 2.24) is 9.73 Å². The van der Waals surface area contributed by atoms with Crippen molar-refractivity contribution in [2.45, 2.75) is 4.90 Å². The van der Waals surface area contributed by atoms with Crippen molar-refractivity contribution in [3.63, 3.8) is 0 Å². The largest absolute Gasteiger partial charge is 0.497 e. The van der Waals surface area contributed by atoms with E-state index in [1.54, 1.807) is 6.07 Å². The van der Waals surface area contributed by atoms with Gasteiger partial charge in [0, 0.05) is 24.7 Å². The number of nitrogens with one attached hydrogen (secondary N) is 1. The number of nitrogens with zero attached hydrogens (tertiary/aromatic N) is 3. The summed E-state index contributed by atoms with van der Waals surface area (Å²) in [6.45, 7) is -0.539. The van der Waals surface area contributed by atoms with E-state index in [2.05, 4.69) is 10.5 Å². The van der Waals surface area contributed by atoms with Gasteiger partial charge in [-0.1, -0.05) is 0 Å². The first-order chi connectivity index (χ1) is 15.1. The number of nitro groups is 1. The Balaban J connectivity index is 2.10. The summed E-state index contributed by atoms with van der Waals surface area (Å²) in [6, 6.07) is 8.40. The molecule has 0 spiro atoms.